The van der Waals surface area contributed by atoms with E-state index in [2.05, 4.69) is 5.32 Å². The third-order valence-electron chi connectivity index (χ3n) is 3.88. The number of ether oxygens (including phenoxy) is 1. The van der Waals surface area contributed by atoms with Crippen LogP contribution in [-0.2, 0) is 9.53 Å². The number of nitrogens with zero attached hydrogens (tertiary/aromatic N) is 1. The quantitative estimate of drug-likeness (QED) is 0.934. The van der Waals surface area contributed by atoms with Crippen molar-refractivity contribution in [3.05, 3.63) is 65.2 Å². The van der Waals surface area contributed by atoms with Crippen molar-refractivity contribution in [1.29, 1.82) is 0 Å². The lowest BCUT2D eigenvalue weighted by Crippen LogP contribution is -2.44. The molecule has 2 aromatic carbocycles. The summed E-state index contributed by atoms with van der Waals surface area (Å²) in [5.74, 6) is 0.0797. The van der Waals surface area contributed by atoms with Gasteiger partial charge < -0.3 is 15.0 Å². The number of amides is 1. The van der Waals surface area contributed by atoms with Gasteiger partial charge >= 0.3 is 0 Å². The molecule has 2 aromatic rings. The fourth-order valence-electron chi connectivity index (χ4n) is 2.60. The lowest BCUT2D eigenvalue weighted by Gasteiger charge is -2.33. The molecule has 1 amide bonds. The molecule has 4 nitrogen and oxygen atoms in total. The van der Waals surface area contributed by atoms with Crippen LogP contribution in [0, 0.1) is 0 Å². The first kappa shape index (κ1) is 15.8. The van der Waals surface area contributed by atoms with Crippen LogP contribution in [-0.4, -0.2) is 37.0 Å². The molecule has 1 unspecified atom stereocenters. The Labute approximate surface area is 141 Å². The molecule has 1 N–H and O–H groups in total. The zero-order chi connectivity index (χ0) is 16.1. The number of nitrogens with one attached hydrogen (secondary N) is 1. The Morgan fingerprint density at radius 2 is 1.91 bits per heavy atom. The smallest absolute Gasteiger partial charge is 0.242 e. The normalized spacial score (nSPS) is 17.8. The van der Waals surface area contributed by atoms with Gasteiger partial charge in [-0.05, 0) is 29.8 Å². The zero-order valence-corrected chi connectivity index (χ0v) is 13.5. The van der Waals surface area contributed by atoms with Crippen LogP contribution < -0.4 is 5.32 Å². The molecule has 1 heterocycles. The highest BCUT2D eigenvalue weighted by Gasteiger charge is 2.25. The van der Waals surface area contributed by atoms with Gasteiger partial charge in [0.1, 0.15) is 6.10 Å². The highest BCUT2D eigenvalue weighted by atomic mass is 35.5. The molecule has 1 atom stereocenters. The van der Waals surface area contributed by atoms with Gasteiger partial charge in [0.15, 0.2) is 0 Å². The van der Waals surface area contributed by atoms with Crippen LogP contribution in [0.4, 0.5) is 5.69 Å². The summed E-state index contributed by atoms with van der Waals surface area (Å²) in [5.41, 5.74) is 1.99. The maximum Gasteiger partial charge on any atom is 0.242 e. The average Bonchev–Trinajstić information content (AvgIpc) is 2.61. The summed E-state index contributed by atoms with van der Waals surface area (Å²) in [6, 6.07) is 17.3. The predicted octanol–water partition coefficient (Wildman–Crippen LogP) is 3.35. The summed E-state index contributed by atoms with van der Waals surface area (Å²) in [7, 11) is 0. The van der Waals surface area contributed by atoms with Crippen molar-refractivity contribution in [3.8, 4) is 0 Å². The first-order valence-electron chi connectivity index (χ1n) is 7.66. The van der Waals surface area contributed by atoms with Gasteiger partial charge in [-0.15, -0.1) is 0 Å². The molecule has 23 heavy (non-hydrogen) atoms. The van der Waals surface area contributed by atoms with Crippen LogP contribution in [0.25, 0.3) is 0 Å². The first-order valence-corrected chi connectivity index (χ1v) is 8.04. The minimum atomic E-state index is -0.0957. The van der Waals surface area contributed by atoms with E-state index in [1.807, 2.05) is 59.5 Å². The number of hydrogen-bond donors (Lipinski definition) is 1. The van der Waals surface area contributed by atoms with Gasteiger partial charge in [-0.25, -0.2) is 0 Å². The van der Waals surface area contributed by atoms with Gasteiger partial charge in [0.2, 0.25) is 5.91 Å². The van der Waals surface area contributed by atoms with Crippen molar-refractivity contribution in [2.45, 2.75) is 6.10 Å². The molecule has 120 valence electrons. The monoisotopic (exact) mass is 330 g/mol. The highest BCUT2D eigenvalue weighted by Crippen LogP contribution is 2.23. The van der Waals surface area contributed by atoms with Crippen molar-refractivity contribution >= 4 is 23.2 Å². The molecule has 0 aliphatic carbocycles. The van der Waals surface area contributed by atoms with Gasteiger partial charge in [0.05, 0.1) is 19.7 Å². The Hall–Kier alpha value is -2.04. The summed E-state index contributed by atoms with van der Waals surface area (Å²) in [6.07, 6.45) is -0.0957. The highest BCUT2D eigenvalue weighted by molar-refractivity contribution is 6.30. The first-order chi connectivity index (χ1) is 11.2. The molecule has 3 rings (SSSR count). The van der Waals surface area contributed by atoms with Crippen LogP contribution in [0.1, 0.15) is 11.7 Å². The second kappa shape index (κ2) is 7.49. The molecule has 1 fully saturated rings. The molecule has 0 aromatic heterocycles. The Kier molecular flexibility index (Phi) is 5.16. The van der Waals surface area contributed by atoms with Gasteiger partial charge in [0.25, 0.3) is 0 Å². The average molecular weight is 331 g/mol. The number of carbonyl (C=O) groups excluding carboxylic acids is 1. The van der Waals surface area contributed by atoms with Crippen LogP contribution >= 0.6 is 11.6 Å². The molecule has 1 aliphatic rings. The van der Waals surface area contributed by atoms with Crippen molar-refractivity contribution in [1.82, 2.24) is 4.90 Å². The second-order valence-electron chi connectivity index (χ2n) is 5.47. The topological polar surface area (TPSA) is 41.6 Å². The summed E-state index contributed by atoms with van der Waals surface area (Å²) in [6.45, 7) is 2.03. The maximum absolute atomic E-state index is 12.4. The van der Waals surface area contributed by atoms with Crippen LogP contribution in [0.2, 0.25) is 5.02 Å². The lowest BCUT2D eigenvalue weighted by atomic mass is 10.1. The summed E-state index contributed by atoms with van der Waals surface area (Å²) < 4.78 is 5.79. The van der Waals surface area contributed by atoms with E-state index in [9.17, 15) is 4.79 Å². The second-order valence-corrected chi connectivity index (χ2v) is 5.91. The van der Waals surface area contributed by atoms with Crippen LogP contribution in [0.5, 0.6) is 0 Å². The van der Waals surface area contributed by atoms with E-state index < -0.39 is 0 Å². The van der Waals surface area contributed by atoms with E-state index in [1.165, 1.54) is 0 Å². The molecule has 1 saturated heterocycles. The van der Waals surface area contributed by atoms with Gasteiger partial charge in [-0.2, -0.15) is 0 Å². The van der Waals surface area contributed by atoms with E-state index in [4.69, 9.17) is 16.3 Å². The van der Waals surface area contributed by atoms with Crippen molar-refractivity contribution in [2.24, 2.45) is 0 Å². The minimum absolute atomic E-state index is 0.0797. The molecule has 0 radical (unpaired) electrons. The Morgan fingerprint density at radius 1 is 1.17 bits per heavy atom. The van der Waals surface area contributed by atoms with E-state index in [0.717, 1.165) is 11.3 Å². The maximum atomic E-state index is 12.4. The SMILES string of the molecule is O=C(CNc1ccccc1)N1CCOC(c2ccc(Cl)cc2)C1. The van der Waals surface area contributed by atoms with Gasteiger partial charge in [-0.1, -0.05) is 41.9 Å². The minimum Gasteiger partial charge on any atom is -0.376 e. The van der Waals surface area contributed by atoms with E-state index in [-0.39, 0.29) is 18.6 Å². The number of rotatable bonds is 4. The largest absolute Gasteiger partial charge is 0.376 e. The summed E-state index contributed by atoms with van der Waals surface area (Å²) >= 11 is 5.92. The molecule has 0 saturated carbocycles. The third-order valence-corrected chi connectivity index (χ3v) is 4.13. The number of benzene rings is 2. The van der Waals surface area contributed by atoms with E-state index in [1.54, 1.807) is 0 Å². The Bertz CT molecular complexity index is 646. The van der Waals surface area contributed by atoms with Gasteiger partial charge in [0, 0.05) is 17.3 Å². The molecular formula is C18H19ClN2O2. The fraction of sp³-hybridized carbons (Fsp3) is 0.278. The standard InChI is InChI=1S/C18H19ClN2O2/c19-15-8-6-14(7-9-15)17-13-21(10-11-23-17)18(22)12-20-16-4-2-1-3-5-16/h1-9,17,20H,10-13H2. The van der Waals surface area contributed by atoms with E-state index in [0.29, 0.717) is 24.7 Å². The Morgan fingerprint density at radius 3 is 2.65 bits per heavy atom. The molecule has 0 spiro atoms. The number of hydrogen-bond acceptors (Lipinski definition) is 3. The van der Waals surface area contributed by atoms with Crippen molar-refractivity contribution in [2.75, 3.05) is 31.6 Å². The Balaban J connectivity index is 1.57. The van der Waals surface area contributed by atoms with Crippen LogP contribution in [0.15, 0.2) is 54.6 Å². The third kappa shape index (κ3) is 4.24. The van der Waals surface area contributed by atoms with Crippen molar-refractivity contribution in [3.63, 3.8) is 0 Å². The molecule has 5 heteroatoms. The zero-order valence-electron chi connectivity index (χ0n) is 12.7. The number of para-hydroxylation sites is 1. The van der Waals surface area contributed by atoms with Crippen LogP contribution in [0.3, 0.4) is 0 Å². The predicted molar refractivity (Wildman–Crippen MR) is 91.7 cm³/mol. The summed E-state index contributed by atoms with van der Waals surface area (Å²) in [5, 5.41) is 3.85. The number of anilines is 1. The van der Waals surface area contributed by atoms with Crippen molar-refractivity contribution < 1.29 is 9.53 Å². The number of halogens is 1. The number of morpholine rings is 1. The van der Waals surface area contributed by atoms with Gasteiger partial charge in [-0.3, -0.25) is 4.79 Å². The van der Waals surface area contributed by atoms with E-state index >= 15 is 0 Å². The molecule has 1 aliphatic heterocycles. The summed E-state index contributed by atoms with van der Waals surface area (Å²) in [4.78, 5) is 14.2. The lowest BCUT2D eigenvalue weighted by molar-refractivity contribution is -0.137. The molecule has 0 bridgehead atoms. The fourth-order valence-corrected chi connectivity index (χ4v) is 2.73. The molecular weight excluding hydrogens is 312 g/mol. The number of carbonyl (C=O) groups is 1.